The standard InChI is InChI=1S/C17H21N3O5/c1-11(16(21)18-13-5-6-13)25-17(22)12-4-7-14(15(10-12)20(23)24)19-8-2-3-9-19/h4,7,10-11,13H,2-3,5-6,8-9H2,1H3,(H,18,21)/t11-/m1/s1. The van der Waals surface area contributed by atoms with Crippen molar-refractivity contribution in [3.63, 3.8) is 0 Å². The van der Waals surface area contributed by atoms with E-state index >= 15 is 0 Å². The lowest BCUT2D eigenvalue weighted by atomic mass is 10.1. The summed E-state index contributed by atoms with van der Waals surface area (Å²) in [5.74, 6) is -1.09. The highest BCUT2D eigenvalue weighted by Gasteiger charge is 2.28. The second-order valence-corrected chi connectivity index (χ2v) is 6.49. The molecule has 1 aromatic rings. The van der Waals surface area contributed by atoms with Gasteiger partial charge in [-0.3, -0.25) is 14.9 Å². The number of rotatable bonds is 6. The second-order valence-electron chi connectivity index (χ2n) is 6.49. The number of esters is 1. The molecule has 1 aliphatic heterocycles. The number of benzene rings is 1. The number of nitro benzene ring substituents is 1. The van der Waals surface area contributed by atoms with Gasteiger partial charge in [0.15, 0.2) is 6.10 Å². The van der Waals surface area contributed by atoms with Crippen LogP contribution in [-0.2, 0) is 9.53 Å². The van der Waals surface area contributed by atoms with Crippen LogP contribution in [-0.4, -0.2) is 42.0 Å². The third-order valence-corrected chi connectivity index (χ3v) is 4.43. The van der Waals surface area contributed by atoms with Crippen molar-refractivity contribution in [2.45, 2.75) is 44.8 Å². The maximum atomic E-state index is 12.2. The van der Waals surface area contributed by atoms with E-state index in [0.717, 1.165) is 38.8 Å². The minimum atomic E-state index is -0.939. The van der Waals surface area contributed by atoms with E-state index in [-0.39, 0.29) is 23.2 Å². The molecule has 1 amide bonds. The first-order valence-corrected chi connectivity index (χ1v) is 8.50. The highest BCUT2D eigenvalue weighted by molar-refractivity contribution is 5.93. The van der Waals surface area contributed by atoms with Gasteiger partial charge in [-0.15, -0.1) is 0 Å². The van der Waals surface area contributed by atoms with Crippen molar-refractivity contribution in [1.82, 2.24) is 5.32 Å². The molecule has 0 radical (unpaired) electrons. The van der Waals surface area contributed by atoms with Crippen molar-refractivity contribution < 1.29 is 19.2 Å². The molecule has 1 saturated heterocycles. The lowest BCUT2D eigenvalue weighted by Gasteiger charge is -2.18. The van der Waals surface area contributed by atoms with Gasteiger partial charge >= 0.3 is 5.97 Å². The highest BCUT2D eigenvalue weighted by atomic mass is 16.6. The van der Waals surface area contributed by atoms with Crippen LogP contribution in [0.5, 0.6) is 0 Å². The Hall–Kier alpha value is -2.64. The monoisotopic (exact) mass is 347 g/mol. The Morgan fingerprint density at radius 1 is 1.32 bits per heavy atom. The Labute approximate surface area is 145 Å². The molecular formula is C17H21N3O5. The van der Waals surface area contributed by atoms with Crippen LogP contribution in [0.1, 0.15) is 43.0 Å². The van der Waals surface area contributed by atoms with E-state index in [9.17, 15) is 19.7 Å². The SMILES string of the molecule is C[C@@H](OC(=O)c1ccc(N2CCCC2)c([N+](=O)[O-])c1)C(=O)NC1CC1. The van der Waals surface area contributed by atoms with Gasteiger partial charge in [0, 0.05) is 25.2 Å². The Balaban J connectivity index is 1.72. The van der Waals surface area contributed by atoms with E-state index in [1.165, 1.54) is 19.1 Å². The molecule has 2 aliphatic rings. The fourth-order valence-electron chi connectivity index (χ4n) is 2.85. The molecular weight excluding hydrogens is 326 g/mol. The van der Waals surface area contributed by atoms with E-state index < -0.39 is 17.0 Å². The summed E-state index contributed by atoms with van der Waals surface area (Å²) in [7, 11) is 0. The van der Waals surface area contributed by atoms with E-state index in [1.807, 2.05) is 4.90 Å². The number of amides is 1. The number of anilines is 1. The quantitative estimate of drug-likeness (QED) is 0.480. The summed E-state index contributed by atoms with van der Waals surface area (Å²) >= 11 is 0. The van der Waals surface area contributed by atoms with Crippen molar-refractivity contribution in [2.75, 3.05) is 18.0 Å². The molecule has 1 saturated carbocycles. The number of hydrogen-bond acceptors (Lipinski definition) is 6. The van der Waals surface area contributed by atoms with E-state index in [1.54, 1.807) is 6.07 Å². The molecule has 2 fully saturated rings. The minimum absolute atomic E-state index is 0.0701. The van der Waals surface area contributed by atoms with Crippen molar-refractivity contribution >= 4 is 23.3 Å². The van der Waals surface area contributed by atoms with Crippen LogP contribution in [0.2, 0.25) is 0 Å². The van der Waals surface area contributed by atoms with Crippen LogP contribution in [0.3, 0.4) is 0 Å². The van der Waals surface area contributed by atoms with E-state index in [0.29, 0.717) is 5.69 Å². The molecule has 1 aromatic carbocycles. The van der Waals surface area contributed by atoms with Crippen LogP contribution in [0.25, 0.3) is 0 Å². The van der Waals surface area contributed by atoms with Crippen molar-refractivity contribution in [1.29, 1.82) is 0 Å². The van der Waals surface area contributed by atoms with Gasteiger partial charge in [-0.1, -0.05) is 0 Å². The fourth-order valence-corrected chi connectivity index (χ4v) is 2.85. The molecule has 25 heavy (non-hydrogen) atoms. The zero-order valence-corrected chi connectivity index (χ0v) is 14.1. The molecule has 1 aliphatic carbocycles. The van der Waals surface area contributed by atoms with E-state index in [2.05, 4.69) is 5.32 Å². The smallest absolute Gasteiger partial charge is 0.339 e. The maximum absolute atomic E-state index is 12.2. The molecule has 1 heterocycles. The summed E-state index contributed by atoms with van der Waals surface area (Å²) in [6.45, 7) is 3.02. The molecule has 0 unspecified atom stereocenters. The molecule has 0 bridgehead atoms. The van der Waals surface area contributed by atoms with Gasteiger partial charge in [0.2, 0.25) is 0 Å². The second kappa shape index (κ2) is 7.08. The Bertz CT molecular complexity index is 696. The Morgan fingerprint density at radius 3 is 2.60 bits per heavy atom. The number of nitrogens with zero attached hydrogens (tertiary/aromatic N) is 2. The fraction of sp³-hybridized carbons (Fsp3) is 0.529. The zero-order valence-electron chi connectivity index (χ0n) is 14.1. The van der Waals surface area contributed by atoms with Crippen LogP contribution >= 0.6 is 0 Å². The number of carbonyl (C=O) groups is 2. The minimum Gasteiger partial charge on any atom is -0.449 e. The normalized spacial score (nSPS) is 17.9. The predicted molar refractivity (Wildman–Crippen MR) is 90.6 cm³/mol. The number of hydrogen-bond donors (Lipinski definition) is 1. The first-order valence-electron chi connectivity index (χ1n) is 8.50. The maximum Gasteiger partial charge on any atom is 0.339 e. The summed E-state index contributed by atoms with van der Waals surface area (Å²) in [5, 5.41) is 14.1. The van der Waals surface area contributed by atoms with Gasteiger partial charge in [0.25, 0.3) is 11.6 Å². The van der Waals surface area contributed by atoms with Crippen LogP contribution < -0.4 is 10.2 Å². The number of carbonyl (C=O) groups excluding carboxylic acids is 2. The topological polar surface area (TPSA) is 102 Å². The van der Waals surface area contributed by atoms with Gasteiger partial charge in [-0.05, 0) is 44.7 Å². The average molecular weight is 347 g/mol. The lowest BCUT2D eigenvalue weighted by Crippen LogP contribution is -2.37. The van der Waals surface area contributed by atoms with Crippen molar-refractivity contribution in [2.24, 2.45) is 0 Å². The number of nitrogens with one attached hydrogen (secondary N) is 1. The van der Waals surface area contributed by atoms with Gasteiger partial charge in [-0.2, -0.15) is 0 Å². The molecule has 8 nitrogen and oxygen atoms in total. The highest BCUT2D eigenvalue weighted by Crippen LogP contribution is 2.32. The van der Waals surface area contributed by atoms with Crippen LogP contribution in [0.4, 0.5) is 11.4 Å². The third kappa shape index (κ3) is 4.07. The first-order chi connectivity index (χ1) is 12.0. The van der Waals surface area contributed by atoms with Gasteiger partial charge in [0.1, 0.15) is 5.69 Å². The summed E-state index contributed by atoms with van der Waals surface area (Å²) < 4.78 is 5.14. The Morgan fingerprint density at radius 2 is 2.00 bits per heavy atom. The summed E-state index contributed by atoms with van der Waals surface area (Å²) in [4.78, 5) is 36.9. The molecule has 0 spiro atoms. The number of ether oxygens (including phenoxy) is 1. The zero-order chi connectivity index (χ0) is 18.0. The number of nitro groups is 1. The molecule has 3 rings (SSSR count). The summed E-state index contributed by atoms with van der Waals surface area (Å²) in [6.07, 6.45) is 2.93. The van der Waals surface area contributed by atoms with Gasteiger partial charge < -0.3 is 15.0 Å². The molecule has 1 N–H and O–H groups in total. The summed E-state index contributed by atoms with van der Waals surface area (Å²) in [6, 6.07) is 4.49. The molecule has 134 valence electrons. The molecule has 0 aromatic heterocycles. The molecule has 8 heteroatoms. The van der Waals surface area contributed by atoms with Crippen molar-refractivity contribution in [3.8, 4) is 0 Å². The van der Waals surface area contributed by atoms with Crippen LogP contribution in [0.15, 0.2) is 18.2 Å². The summed E-state index contributed by atoms with van der Waals surface area (Å²) in [5.41, 5.74) is 0.464. The van der Waals surface area contributed by atoms with Gasteiger partial charge in [-0.25, -0.2) is 4.79 Å². The van der Waals surface area contributed by atoms with E-state index in [4.69, 9.17) is 4.74 Å². The average Bonchev–Trinajstić information content (AvgIpc) is 3.23. The lowest BCUT2D eigenvalue weighted by molar-refractivity contribution is -0.384. The first kappa shape index (κ1) is 17.2. The van der Waals surface area contributed by atoms with Gasteiger partial charge in [0.05, 0.1) is 10.5 Å². The predicted octanol–water partition coefficient (Wildman–Crippen LogP) is 2.02. The van der Waals surface area contributed by atoms with Crippen molar-refractivity contribution in [3.05, 3.63) is 33.9 Å². The van der Waals surface area contributed by atoms with Crippen LogP contribution in [0, 0.1) is 10.1 Å². The Kier molecular flexibility index (Phi) is 4.87. The largest absolute Gasteiger partial charge is 0.449 e. The molecule has 1 atom stereocenters. The third-order valence-electron chi connectivity index (χ3n) is 4.43.